The molecular formula is C9H14O2. The predicted molar refractivity (Wildman–Crippen MR) is 43.9 cm³/mol. The molecular weight excluding hydrogens is 140 g/mol. The molecule has 0 saturated carbocycles. The highest BCUT2D eigenvalue weighted by Gasteiger charge is 2.06. The summed E-state index contributed by atoms with van der Waals surface area (Å²) in [5.74, 6) is 2.44. The smallest absolute Gasteiger partial charge is 0.307 e. The standard InChI is InChI=1S/C9H14O2/c1-4-6-11-9(10)7-8(3)5-2/h1,8H,5-7H2,2-3H3. The number of carbonyl (C=O) groups is 1. The fourth-order valence-electron chi connectivity index (χ4n) is 0.610. The lowest BCUT2D eigenvalue weighted by Crippen LogP contribution is -2.08. The van der Waals surface area contributed by atoms with Gasteiger partial charge in [0.15, 0.2) is 6.61 Å². The molecule has 2 heteroatoms. The number of rotatable bonds is 4. The molecule has 0 fully saturated rings. The molecule has 1 unspecified atom stereocenters. The van der Waals surface area contributed by atoms with Crippen LogP contribution in [-0.2, 0) is 9.53 Å². The monoisotopic (exact) mass is 154 g/mol. The van der Waals surface area contributed by atoms with Crippen LogP contribution in [0.4, 0.5) is 0 Å². The minimum Gasteiger partial charge on any atom is -0.452 e. The second kappa shape index (κ2) is 5.79. The first-order valence-corrected chi connectivity index (χ1v) is 3.79. The number of hydrogen-bond acceptors (Lipinski definition) is 2. The Morgan fingerprint density at radius 3 is 2.82 bits per heavy atom. The van der Waals surface area contributed by atoms with Gasteiger partial charge in [-0.25, -0.2) is 0 Å². The van der Waals surface area contributed by atoms with Gasteiger partial charge in [-0.05, 0) is 5.92 Å². The number of terminal acetylenes is 1. The molecule has 0 aliphatic heterocycles. The number of esters is 1. The minimum absolute atomic E-state index is 0.0925. The van der Waals surface area contributed by atoms with E-state index in [1.807, 2.05) is 13.8 Å². The van der Waals surface area contributed by atoms with Crippen LogP contribution in [0.3, 0.4) is 0 Å². The molecule has 2 nitrogen and oxygen atoms in total. The van der Waals surface area contributed by atoms with Gasteiger partial charge in [0.05, 0.1) is 0 Å². The van der Waals surface area contributed by atoms with E-state index in [9.17, 15) is 4.79 Å². The Kier molecular flexibility index (Phi) is 5.28. The Balaban J connectivity index is 3.45. The van der Waals surface area contributed by atoms with E-state index in [4.69, 9.17) is 6.42 Å². The fraction of sp³-hybridized carbons (Fsp3) is 0.667. The molecule has 0 radical (unpaired) electrons. The maximum Gasteiger partial charge on any atom is 0.307 e. The quantitative estimate of drug-likeness (QED) is 0.454. The molecule has 0 bridgehead atoms. The van der Waals surface area contributed by atoms with Gasteiger partial charge in [-0.1, -0.05) is 26.2 Å². The molecule has 1 atom stereocenters. The van der Waals surface area contributed by atoms with E-state index in [-0.39, 0.29) is 12.6 Å². The highest BCUT2D eigenvalue weighted by Crippen LogP contribution is 2.06. The van der Waals surface area contributed by atoms with Gasteiger partial charge in [-0.2, -0.15) is 0 Å². The Morgan fingerprint density at radius 1 is 1.73 bits per heavy atom. The number of carbonyl (C=O) groups excluding carboxylic acids is 1. The van der Waals surface area contributed by atoms with Crippen molar-refractivity contribution in [3.63, 3.8) is 0 Å². The Morgan fingerprint density at radius 2 is 2.36 bits per heavy atom. The van der Waals surface area contributed by atoms with Crippen molar-refractivity contribution in [2.45, 2.75) is 26.7 Å². The Hall–Kier alpha value is -0.970. The minimum atomic E-state index is -0.197. The van der Waals surface area contributed by atoms with Crippen LogP contribution in [0, 0.1) is 18.3 Å². The average Bonchev–Trinajstić information content (AvgIpc) is 2.00. The van der Waals surface area contributed by atoms with Crippen LogP contribution in [-0.4, -0.2) is 12.6 Å². The molecule has 0 heterocycles. The molecule has 0 saturated heterocycles. The molecule has 0 aromatic rings. The van der Waals surface area contributed by atoms with E-state index in [1.165, 1.54) is 0 Å². The van der Waals surface area contributed by atoms with E-state index in [2.05, 4.69) is 10.7 Å². The van der Waals surface area contributed by atoms with E-state index >= 15 is 0 Å². The van der Waals surface area contributed by atoms with Gasteiger partial charge in [0, 0.05) is 6.42 Å². The Bertz CT molecular complexity index is 155. The van der Waals surface area contributed by atoms with Crippen LogP contribution >= 0.6 is 0 Å². The van der Waals surface area contributed by atoms with Gasteiger partial charge in [-0.15, -0.1) is 6.42 Å². The van der Waals surface area contributed by atoms with Crippen LogP contribution in [0.1, 0.15) is 26.7 Å². The lowest BCUT2D eigenvalue weighted by molar-refractivity contribution is -0.143. The van der Waals surface area contributed by atoms with Crippen LogP contribution in [0.15, 0.2) is 0 Å². The summed E-state index contributed by atoms with van der Waals surface area (Å²) in [5.41, 5.74) is 0. The average molecular weight is 154 g/mol. The van der Waals surface area contributed by atoms with Crippen molar-refractivity contribution in [2.75, 3.05) is 6.61 Å². The highest BCUT2D eigenvalue weighted by atomic mass is 16.5. The summed E-state index contributed by atoms with van der Waals surface area (Å²) in [6.45, 7) is 4.14. The lowest BCUT2D eigenvalue weighted by Gasteiger charge is -2.05. The summed E-state index contributed by atoms with van der Waals surface area (Å²) in [4.78, 5) is 10.9. The molecule has 11 heavy (non-hydrogen) atoms. The molecule has 0 aromatic heterocycles. The Labute approximate surface area is 67.9 Å². The SMILES string of the molecule is C#CCOC(=O)CC(C)CC. The van der Waals surface area contributed by atoms with Crippen molar-refractivity contribution in [1.29, 1.82) is 0 Å². The maximum absolute atomic E-state index is 10.9. The van der Waals surface area contributed by atoms with Gasteiger partial charge in [0.2, 0.25) is 0 Å². The van der Waals surface area contributed by atoms with Crippen molar-refractivity contribution >= 4 is 5.97 Å². The third kappa shape index (κ3) is 5.47. The maximum atomic E-state index is 10.9. The van der Waals surface area contributed by atoms with Crippen molar-refractivity contribution in [3.8, 4) is 12.3 Å². The third-order valence-electron chi connectivity index (χ3n) is 1.53. The molecule has 0 aromatic carbocycles. The first-order chi connectivity index (χ1) is 5.20. The normalized spacial score (nSPS) is 11.7. The lowest BCUT2D eigenvalue weighted by atomic mass is 10.1. The van der Waals surface area contributed by atoms with E-state index in [0.717, 1.165) is 6.42 Å². The first-order valence-electron chi connectivity index (χ1n) is 3.79. The second-order valence-electron chi connectivity index (χ2n) is 2.58. The summed E-state index contributed by atoms with van der Waals surface area (Å²) < 4.78 is 4.69. The topological polar surface area (TPSA) is 26.3 Å². The summed E-state index contributed by atoms with van der Waals surface area (Å²) >= 11 is 0. The van der Waals surface area contributed by atoms with Gasteiger partial charge in [0.1, 0.15) is 0 Å². The fourth-order valence-corrected chi connectivity index (χ4v) is 0.610. The van der Waals surface area contributed by atoms with Crippen LogP contribution in [0.5, 0.6) is 0 Å². The third-order valence-corrected chi connectivity index (χ3v) is 1.53. The summed E-state index contributed by atoms with van der Waals surface area (Å²) in [6, 6.07) is 0. The van der Waals surface area contributed by atoms with Gasteiger partial charge in [-0.3, -0.25) is 4.79 Å². The van der Waals surface area contributed by atoms with Crippen molar-refractivity contribution < 1.29 is 9.53 Å². The molecule has 0 amide bonds. The second-order valence-corrected chi connectivity index (χ2v) is 2.58. The van der Waals surface area contributed by atoms with Crippen LogP contribution < -0.4 is 0 Å². The summed E-state index contributed by atoms with van der Waals surface area (Å²) in [7, 11) is 0. The van der Waals surface area contributed by atoms with Crippen LogP contribution in [0.25, 0.3) is 0 Å². The van der Waals surface area contributed by atoms with E-state index < -0.39 is 0 Å². The first kappa shape index (κ1) is 10.0. The van der Waals surface area contributed by atoms with E-state index in [1.54, 1.807) is 0 Å². The number of ether oxygens (including phenoxy) is 1. The van der Waals surface area contributed by atoms with Crippen LogP contribution in [0.2, 0.25) is 0 Å². The predicted octanol–water partition coefficient (Wildman–Crippen LogP) is 1.60. The molecule has 0 rings (SSSR count). The molecule has 0 aliphatic rings. The molecule has 0 N–H and O–H groups in total. The molecule has 62 valence electrons. The van der Waals surface area contributed by atoms with E-state index in [0.29, 0.717) is 12.3 Å². The zero-order valence-corrected chi connectivity index (χ0v) is 7.09. The van der Waals surface area contributed by atoms with Crippen molar-refractivity contribution in [1.82, 2.24) is 0 Å². The zero-order chi connectivity index (χ0) is 8.69. The van der Waals surface area contributed by atoms with Crippen molar-refractivity contribution in [3.05, 3.63) is 0 Å². The zero-order valence-electron chi connectivity index (χ0n) is 7.09. The summed E-state index contributed by atoms with van der Waals surface area (Å²) in [5, 5.41) is 0. The molecule has 0 spiro atoms. The highest BCUT2D eigenvalue weighted by molar-refractivity contribution is 5.69. The summed E-state index contributed by atoms with van der Waals surface area (Å²) in [6.07, 6.45) is 6.37. The van der Waals surface area contributed by atoms with Gasteiger partial charge < -0.3 is 4.74 Å². The molecule has 0 aliphatic carbocycles. The van der Waals surface area contributed by atoms with Crippen molar-refractivity contribution in [2.24, 2.45) is 5.92 Å². The number of hydrogen-bond donors (Lipinski definition) is 0. The van der Waals surface area contributed by atoms with Gasteiger partial charge in [0.25, 0.3) is 0 Å². The largest absolute Gasteiger partial charge is 0.452 e. The van der Waals surface area contributed by atoms with Gasteiger partial charge >= 0.3 is 5.97 Å².